The fraction of sp³-hybridized carbons (Fsp3) is 0.909. The van der Waals surface area contributed by atoms with Gasteiger partial charge in [-0.05, 0) is 25.2 Å². The van der Waals surface area contributed by atoms with E-state index in [1.165, 1.54) is 12.8 Å². The molecule has 0 saturated carbocycles. The Balaban J connectivity index is 2.64. The molecule has 1 fully saturated rings. The molecule has 1 aliphatic heterocycles. The van der Waals surface area contributed by atoms with Gasteiger partial charge in [0.2, 0.25) is 5.91 Å². The quantitative estimate of drug-likeness (QED) is 0.699. The molecule has 0 aromatic heterocycles. The van der Waals surface area contributed by atoms with Gasteiger partial charge in [-0.2, -0.15) is 0 Å². The van der Waals surface area contributed by atoms with E-state index < -0.39 is 0 Å². The van der Waals surface area contributed by atoms with Crippen LogP contribution in [-0.2, 0) is 4.79 Å². The van der Waals surface area contributed by atoms with Crippen LogP contribution in [0.1, 0.15) is 46.5 Å². The minimum absolute atomic E-state index is 0.214. The molecule has 0 aliphatic carbocycles. The summed E-state index contributed by atoms with van der Waals surface area (Å²) in [6, 6.07) is 0.419. The Kier molecular flexibility index (Phi) is 3.76. The van der Waals surface area contributed by atoms with Crippen LogP contribution in [0.25, 0.3) is 0 Å². The van der Waals surface area contributed by atoms with Crippen LogP contribution in [0, 0.1) is 11.8 Å². The van der Waals surface area contributed by atoms with Gasteiger partial charge < -0.3 is 5.32 Å². The number of hydrogen-bond acceptors (Lipinski definition) is 1. The van der Waals surface area contributed by atoms with Crippen molar-refractivity contribution < 1.29 is 4.79 Å². The lowest BCUT2D eigenvalue weighted by Gasteiger charge is -2.22. The predicted octanol–water partition coefficient (Wildman–Crippen LogP) is 2.34. The summed E-state index contributed by atoms with van der Waals surface area (Å²) >= 11 is 0. The van der Waals surface area contributed by atoms with E-state index in [4.69, 9.17) is 0 Å². The maximum Gasteiger partial charge on any atom is 0.223 e. The van der Waals surface area contributed by atoms with E-state index in [0.717, 1.165) is 12.8 Å². The maximum atomic E-state index is 11.5. The second kappa shape index (κ2) is 4.64. The van der Waals surface area contributed by atoms with Crippen molar-refractivity contribution in [2.75, 3.05) is 0 Å². The summed E-state index contributed by atoms with van der Waals surface area (Å²) < 4.78 is 0. The highest BCUT2D eigenvalue weighted by Crippen LogP contribution is 2.24. The van der Waals surface area contributed by atoms with Crippen LogP contribution in [0.4, 0.5) is 0 Å². The molecule has 0 aromatic rings. The van der Waals surface area contributed by atoms with Crippen LogP contribution in [0.3, 0.4) is 0 Å². The van der Waals surface area contributed by atoms with Gasteiger partial charge in [0.25, 0.3) is 0 Å². The molecule has 1 heterocycles. The Morgan fingerprint density at radius 2 is 2.00 bits per heavy atom. The molecule has 76 valence electrons. The summed E-state index contributed by atoms with van der Waals surface area (Å²) in [7, 11) is 0. The average molecular weight is 183 g/mol. The highest BCUT2D eigenvalue weighted by Gasteiger charge is 2.27. The first kappa shape index (κ1) is 10.6. The Hall–Kier alpha value is -0.530. The molecule has 0 radical (unpaired) electrons. The first-order valence-electron chi connectivity index (χ1n) is 5.49. The van der Waals surface area contributed by atoms with E-state index in [-0.39, 0.29) is 11.8 Å². The molecule has 0 bridgehead atoms. The second-order valence-corrected chi connectivity index (χ2v) is 4.17. The third-order valence-corrected chi connectivity index (χ3v) is 3.28. The average Bonchev–Trinajstić information content (AvgIpc) is 2.27. The van der Waals surface area contributed by atoms with Crippen LogP contribution in [0.5, 0.6) is 0 Å². The van der Waals surface area contributed by atoms with Crippen LogP contribution in [0.2, 0.25) is 0 Å². The summed E-state index contributed by atoms with van der Waals surface area (Å²) in [5.74, 6) is 1.16. The number of nitrogens with one attached hydrogen (secondary N) is 1. The lowest BCUT2D eigenvalue weighted by Crippen LogP contribution is -2.39. The fourth-order valence-electron chi connectivity index (χ4n) is 2.16. The largest absolute Gasteiger partial charge is 0.353 e. The highest BCUT2D eigenvalue weighted by atomic mass is 16.1. The van der Waals surface area contributed by atoms with Gasteiger partial charge in [-0.15, -0.1) is 0 Å². The van der Waals surface area contributed by atoms with E-state index in [0.29, 0.717) is 12.0 Å². The van der Waals surface area contributed by atoms with Crippen molar-refractivity contribution >= 4 is 5.91 Å². The fourth-order valence-corrected chi connectivity index (χ4v) is 2.16. The Morgan fingerprint density at radius 1 is 1.31 bits per heavy atom. The molecular weight excluding hydrogens is 162 g/mol. The summed E-state index contributed by atoms with van der Waals surface area (Å²) in [4.78, 5) is 11.5. The Morgan fingerprint density at radius 3 is 2.54 bits per heavy atom. The first-order valence-corrected chi connectivity index (χ1v) is 5.49. The van der Waals surface area contributed by atoms with Gasteiger partial charge in [0.15, 0.2) is 0 Å². The van der Waals surface area contributed by atoms with Crippen LogP contribution in [-0.4, -0.2) is 11.9 Å². The zero-order valence-corrected chi connectivity index (χ0v) is 8.97. The van der Waals surface area contributed by atoms with Crippen LogP contribution >= 0.6 is 0 Å². The van der Waals surface area contributed by atoms with Gasteiger partial charge >= 0.3 is 0 Å². The van der Waals surface area contributed by atoms with E-state index >= 15 is 0 Å². The van der Waals surface area contributed by atoms with E-state index in [9.17, 15) is 4.79 Å². The lowest BCUT2D eigenvalue weighted by molar-refractivity contribution is -0.124. The topological polar surface area (TPSA) is 29.1 Å². The van der Waals surface area contributed by atoms with Gasteiger partial charge in [-0.1, -0.05) is 27.2 Å². The number of carbonyl (C=O) groups excluding carboxylic acids is 1. The molecule has 1 aliphatic rings. The monoisotopic (exact) mass is 183 g/mol. The van der Waals surface area contributed by atoms with Gasteiger partial charge in [-0.25, -0.2) is 0 Å². The molecule has 2 nitrogen and oxygen atoms in total. The summed E-state index contributed by atoms with van der Waals surface area (Å²) in [5.41, 5.74) is 0. The molecule has 1 amide bonds. The predicted molar refractivity (Wildman–Crippen MR) is 54.4 cm³/mol. The number of carbonyl (C=O) groups is 1. The van der Waals surface area contributed by atoms with Gasteiger partial charge in [0, 0.05) is 12.0 Å². The van der Waals surface area contributed by atoms with Gasteiger partial charge in [-0.3, -0.25) is 4.79 Å². The number of rotatable bonds is 2. The van der Waals surface area contributed by atoms with E-state index in [2.05, 4.69) is 19.2 Å². The smallest absolute Gasteiger partial charge is 0.223 e. The van der Waals surface area contributed by atoms with Crippen LogP contribution in [0.15, 0.2) is 0 Å². The molecule has 13 heavy (non-hydrogen) atoms. The molecule has 0 spiro atoms. The molecule has 3 unspecified atom stereocenters. The number of amides is 1. The van der Waals surface area contributed by atoms with Crippen molar-refractivity contribution in [3.8, 4) is 0 Å². The third-order valence-electron chi connectivity index (χ3n) is 3.28. The zero-order valence-electron chi connectivity index (χ0n) is 8.97. The summed E-state index contributed by atoms with van der Waals surface area (Å²) in [5, 5.41) is 3.14. The minimum atomic E-state index is 0.214. The highest BCUT2D eigenvalue weighted by molar-refractivity contribution is 5.78. The van der Waals surface area contributed by atoms with Crippen LogP contribution < -0.4 is 5.32 Å². The maximum absolute atomic E-state index is 11.5. The lowest BCUT2D eigenvalue weighted by atomic mass is 9.90. The van der Waals surface area contributed by atoms with Crippen molar-refractivity contribution in [3.63, 3.8) is 0 Å². The minimum Gasteiger partial charge on any atom is -0.353 e. The van der Waals surface area contributed by atoms with Crippen molar-refractivity contribution in [2.24, 2.45) is 11.8 Å². The van der Waals surface area contributed by atoms with Crippen molar-refractivity contribution in [3.05, 3.63) is 0 Å². The Bertz CT molecular complexity index is 179. The summed E-state index contributed by atoms with van der Waals surface area (Å²) in [6.07, 6.45) is 4.51. The zero-order chi connectivity index (χ0) is 9.84. The van der Waals surface area contributed by atoms with Gasteiger partial charge in [0.05, 0.1) is 0 Å². The molecule has 1 N–H and O–H groups in total. The molecule has 1 rings (SSSR count). The van der Waals surface area contributed by atoms with Crippen molar-refractivity contribution in [1.29, 1.82) is 0 Å². The molecule has 0 aromatic carbocycles. The van der Waals surface area contributed by atoms with Gasteiger partial charge in [0.1, 0.15) is 0 Å². The van der Waals surface area contributed by atoms with Crippen molar-refractivity contribution in [2.45, 2.75) is 52.5 Å². The molecule has 3 atom stereocenters. The van der Waals surface area contributed by atoms with E-state index in [1.54, 1.807) is 0 Å². The SMILES string of the molecule is CCC1CCC(C)C(=O)NC1CC. The summed E-state index contributed by atoms with van der Waals surface area (Å²) in [6.45, 7) is 6.40. The van der Waals surface area contributed by atoms with Crippen molar-refractivity contribution in [1.82, 2.24) is 5.32 Å². The Labute approximate surface area is 81.1 Å². The number of hydrogen-bond donors (Lipinski definition) is 1. The standard InChI is InChI=1S/C11H21NO/c1-4-9-7-6-8(3)11(13)12-10(9)5-2/h8-10H,4-7H2,1-3H3,(H,12,13). The second-order valence-electron chi connectivity index (χ2n) is 4.17. The normalized spacial score (nSPS) is 35.3. The molecule has 1 saturated heterocycles. The first-order chi connectivity index (χ1) is 6.19. The molecular formula is C11H21NO. The van der Waals surface area contributed by atoms with E-state index in [1.807, 2.05) is 6.92 Å². The third kappa shape index (κ3) is 2.45. The molecule has 2 heteroatoms.